The maximum atomic E-state index is 12.7. The van der Waals surface area contributed by atoms with Crippen molar-refractivity contribution in [2.75, 3.05) is 25.6 Å². The number of nitrogens with zero attached hydrogens (tertiary/aromatic N) is 1. The number of amides is 1. The van der Waals surface area contributed by atoms with Gasteiger partial charge in [-0.15, -0.1) is 11.3 Å². The maximum absolute atomic E-state index is 12.7. The highest BCUT2D eigenvalue weighted by molar-refractivity contribution is 7.21. The number of carbonyl (C=O) groups excluding carboxylic acids is 1. The molecule has 0 fully saturated rings. The molecule has 1 aliphatic heterocycles. The lowest BCUT2D eigenvalue weighted by Gasteiger charge is -2.20. The fourth-order valence-corrected chi connectivity index (χ4v) is 4.51. The van der Waals surface area contributed by atoms with Crippen molar-refractivity contribution in [2.45, 2.75) is 0 Å². The van der Waals surface area contributed by atoms with Crippen LogP contribution in [-0.2, 0) is 4.79 Å². The van der Waals surface area contributed by atoms with Gasteiger partial charge in [0.1, 0.15) is 18.2 Å². The Morgan fingerprint density at radius 2 is 1.91 bits per heavy atom. The van der Waals surface area contributed by atoms with E-state index in [9.17, 15) is 4.79 Å². The van der Waals surface area contributed by atoms with Gasteiger partial charge in [0, 0.05) is 11.6 Å². The van der Waals surface area contributed by atoms with Crippen LogP contribution in [0.4, 0.5) is 5.69 Å². The molecule has 160 valence electrons. The summed E-state index contributed by atoms with van der Waals surface area (Å²) >= 11 is 1.60. The number of hydrogen-bond acceptors (Lipinski definition) is 6. The molecule has 1 N–H and O–H groups in total. The van der Waals surface area contributed by atoms with Gasteiger partial charge in [-0.1, -0.05) is 24.3 Å². The van der Waals surface area contributed by atoms with E-state index in [-0.39, 0.29) is 5.91 Å². The number of para-hydroxylation sites is 2. The Balaban J connectivity index is 1.38. The predicted octanol–water partition coefficient (Wildman–Crippen LogP) is 5.40. The summed E-state index contributed by atoms with van der Waals surface area (Å²) in [5.41, 5.74) is 3.32. The number of fused-ring (bicyclic) bond motifs is 2. The summed E-state index contributed by atoms with van der Waals surface area (Å²) in [6.07, 6.45) is 3.20. The van der Waals surface area contributed by atoms with Crippen molar-refractivity contribution in [1.82, 2.24) is 4.98 Å². The van der Waals surface area contributed by atoms with Crippen LogP contribution in [0.15, 0.2) is 66.7 Å². The van der Waals surface area contributed by atoms with Crippen molar-refractivity contribution in [3.05, 3.63) is 72.3 Å². The number of ether oxygens (including phenoxy) is 3. The number of aromatic nitrogens is 1. The van der Waals surface area contributed by atoms with Crippen LogP contribution in [0.5, 0.6) is 17.2 Å². The fraction of sp³-hybridized carbons (Fsp3) is 0.120. The summed E-state index contributed by atoms with van der Waals surface area (Å²) in [4.78, 5) is 17.4. The normalized spacial score (nSPS) is 12.8. The average Bonchev–Trinajstić information content (AvgIpc) is 3.26. The monoisotopic (exact) mass is 444 g/mol. The van der Waals surface area contributed by atoms with Gasteiger partial charge >= 0.3 is 0 Å². The number of carbonyl (C=O) groups is 1. The van der Waals surface area contributed by atoms with E-state index in [0.717, 1.165) is 26.4 Å². The van der Waals surface area contributed by atoms with E-state index < -0.39 is 0 Å². The van der Waals surface area contributed by atoms with Crippen LogP contribution in [0.1, 0.15) is 5.56 Å². The minimum Gasteiger partial charge on any atom is -0.493 e. The first-order chi connectivity index (χ1) is 15.7. The second-order valence-corrected chi connectivity index (χ2v) is 8.13. The van der Waals surface area contributed by atoms with Crippen LogP contribution in [0.2, 0.25) is 0 Å². The van der Waals surface area contributed by atoms with Gasteiger partial charge in [-0.05, 0) is 48.0 Å². The van der Waals surface area contributed by atoms with Gasteiger partial charge in [-0.3, -0.25) is 4.79 Å². The molecule has 0 saturated carbocycles. The minimum absolute atomic E-state index is 0.243. The lowest BCUT2D eigenvalue weighted by molar-refractivity contribution is -0.111. The third-order valence-corrected chi connectivity index (χ3v) is 6.06. The quantitative estimate of drug-likeness (QED) is 0.418. The SMILES string of the molecule is COc1cc(/C=C/C(=O)Nc2ccccc2-c2nc3ccccc3s2)cc2c1OCCO2. The lowest BCUT2D eigenvalue weighted by Crippen LogP contribution is -2.16. The summed E-state index contributed by atoms with van der Waals surface area (Å²) in [7, 11) is 1.58. The van der Waals surface area contributed by atoms with Crippen LogP contribution >= 0.6 is 11.3 Å². The van der Waals surface area contributed by atoms with Crippen LogP contribution in [-0.4, -0.2) is 31.2 Å². The molecule has 1 aliphatic rings. The van der Waals surface area contributed by atoms with Crippen molar-refractivity contribution in [1.29, 1.82) is 0 Å². The standard InChI is InChI=1S/C25H20N2O4S/c1-29-20-14-16(15-21-24(20)31-13-12-30-21)10-11-23(28)26-18-7-3-2-6-17(18)25-27-19-8-4-5-9-22(19)32-25/h2-11,14-15H,12-13H2,1H3,(H,26,28)/b11-10+. The first-order valence-electron chi connectivity index (χ1n) is 10.1. The third kappa shape index (κ3) is 4.02. The van der Waals surface area contributed by atoms with Gasteiger partial charge in [0.15, 0.2) is 11.5 Å². The van der Waals surface area contributed by atoms with Gasteiger partial charge < -0.3 is 19.5 Å². The zero-order valence-corrected chi connectivity index (χ0v) is 18.1. The molecule has 0 bridgehead atoms. The molecular formula is C25H20N2O4S. The van der Waals surface area contributed by atoms with Crippen LogP contribution in [0.25, 0.3) is 26.9 Å². The van der Waals surface area contributed by atoms with Crippen LogP contribution < -0.4 is 19.5 Å². The Morgan fingerprint density at radius 1 is 1.09 bits per heavy atom. The average molecular weight is 445 g/mol. The van der Waals surface area contributed by atoms with Crippen molar-refractivity contribution >= 4 is 39.2 Å². The number of hydrogen-bond donors (Lipinski definition) is 1. The maximum Gasteiger partial charge on any atom is 0.248 e. The molecule has 1 amide bonds. The Bertz CT molecular complexity index is 1280. The highest BCUT2D eigenvalue weighted by atomic mass is 32.1. The summed E-state index contributed by atoms with van der Waals surface area (Å²) in [6.45, 7) is 0.960. The molecular weight excluding hydrogens is 424 g/mol. The Hall–Kier alpha value is -3.84. The summed E-state index contributed by atoms with van der Waals surface area (Å²) in [5.74, 6) is 1.53. The smallest absolute Gasteiger partial charge is 0.248 e. The van der Waals surface area contributed by atoms with Gasteiger partial charge in [0.25, 0.3) is 0 Å². The van der Waals surface area contributed by atoms with Crippen molar-refractivity contribution < 1.29 is 19.0 Å². The minimum atomic E-state index is -0.243. The lowest BCUT2D eigenvalue weighted by atomic mass is 10.1. The highest BCUT2D eigenvalue weighted by Crippen LogP contribution is 2.40. The molecule has 7 heteroatoms. The van der Waals surface area contributed by atoms with E-state index in [1.54, 1.807) is 24.5 Å². The van der Waals surface area contributed by atoms with Crippen LogP contribution in [0.3, 0.4) is 0 Å². The largest absolute Gasteiger partial charge is 0.493 e. The molecule has 0 saturated heterocycles. The zero-order valence-electron chi connectivity index (χ0n) is 17.3. The molecule has 0 unspecified atom stereocenters. The summed E-state index contributed by atoms with van der Waals surface area (Å²) in [5, 5.41) is 3.83. The third-order valence-electron chi connectivity index (χ3n) is 4.99. The van der Waals surface area contributed by atoms with Crippen molar-refractivity contribution in [3.63, 3.8) is 0 Å². The number of thiazole rings is 1. The molecule has 0 aliphatic carbocycles. The Morgan fingerprint density at radius 3 is 2.78 bits per heavy atom. The van der Waals surface area contributed by atoms with Crippen molar-refractivity contribution in [3.8, 4) is 27.8 Å². The van der Waals surface area contributed by atoms with E-state index in [1.165, 1.54) is 6.08 Å². The topological polar surface area (TPSA) is 69.7 Å². The highest BCUT2D eigenvalue weighted by Gasteiger charge is 2.18. The Kier molecular flexibility index (Phi) is 5.47. The van der Waals surface area contributed by atoms with E-state index in [2.05, 4.69) is 5.32 Å². The number of benzene rings is 3. The molecule has 2 heterocycles. The molecule has 32 heavy (non-hydrogen) atoms. The molecule has 0 atom stereocenters. The molecule has 6 nitrogen and oxygen atoms in total. The van der Waals surface area contributed by atoms with E-state index in [4.69, 9.17) is 19.2 Å². The Labute approximate surface area is 189 Å². The van der Waals surface area contributed by atoms with Gasteiger partial charge in [-0.2, -0.15) is 0 Å². The van der Waals surface area contributed by atoms with E-state index in [1.807, 2.05) is 60.7 Å². The molecule has 1 aromatic heterocycles. The second-order valence-electron chi connectivity index (χ2n) is 7.10. The number of nitrogens with one attached hydrogen (secondary N) is 1. The van der Waals surface area contributed by atoms with Crippen molar-refractivity contribution in [2.24, 2.45) is 0 Å². The number of rotatable bonds is 5. The van der Waals surface area contributed by atoms with Crippen LogP contribution in [0, 0.1) is 0 Å². The van der Waals surface area contributed by atoms with E-state index in [0.29, 0.717) is 36.1 Å². The zero-order chi connectivity index (χ0) is 21.9. The summed E-state index contributed by atoms with van der Waals surface area (Å²) in [6, 6.07) is 19.3. The molecule has 3 aromatic carbocycles. The van der Waals surface area contributed by atoms with Gasteiger partial charge in [0.2, 0.25) is 11.7 Å². The predicted molar refractivity (Wildman–Crippen MR) is 127 cm³/mol. The molecule has 4 aromatic rings. The first-order valence-corrected chi connectivity index (χ1v) is 10.9. The number of anilines is 1. The molecule has 5 rings (SSSR count). The van der Waals surface area contributed by atoms with Gasteiger partial charge in [0.05, 0.1) is 23.0 Å². The molecule has 0 radical (unpaired) electrons. The molecule has 0 spiro atoms. The number of methoxy groups -OCH3 is 1. The first kappa shape index (κ1) is 20.1. The summed E-state index contributed by atoms with van der Waals surface area (Å²) < 4.78 is 17.8. The van der Waals surface area contributed by atoms with Gasteiger partial charge in [-0.25, -0.2) is 4.98 Å². The fourth-order valence-electron chi connectivity index (χ4n) is 3.50. The van der Waals surface area contributed by atoms with E-state index >= 15 is 0 Å². The second kappa shape index (κ2) is 8.72.